The number of carbonyl (C=O) groups excluding carboxylic acids is 1. The van der Waals surface area contributed by atoms with Crippen LogP contribution in [0.4, 0.5) is 10.8 Å². The van der Waals surface area contributed by atoms with Crippen LogP contribution in [0.5, 0.6) is 0 Å². The van der Waals surface area contributed by atoms with Crippen LogP contribution < -0.4 is 4.90 Å². The van der Waals surface area contributed by atoms with E-state index in [0.29, 0.717) is 22.5 Å². The van der Waals surface area contributed by atoms with Crippen LogP contribution in [0.2, 0.25) is 0 Å². The molecule has 0 N–H and O–H groups in total. The molecule has 3 heterocycles. The van der Waals surface area contributed by atoms with Gasteiger partial charge in [0.1, 0.15) is 0 Å². The van der Waals surface area contributed by atoms with Gasteiger partial charge in [-0.3, -0.25) is 14.3 Å². The fourth-order valence-corrected chi connectivity index (χ4v) is 5.18. The van der Waals surface area contributed by atoms with Crippen molar-refractivity contribution < 1.29 is 9.21 Å². The van der Waals surface area contributed by atoms with Gasteiger partial charge in [-0.15, -0.1) is 21.5 Å². The van der Waals surface area contributed by atoms with Crippen molar-refractivity contribution >= 4 is 39.8 Å². The summed E-state index contributed by atoms with van der Waals surface area (Å²) in [6.45, 7) is 1.54. The quantitative estimate of drug-likeness (QED) is 0.271. The fourth-order valence-electron chi connectivity index (χ4n) is 3.35. The van der Waals surface area contributed by atoms with Gasteiger partial charge in [-0.25, -0.2) is 4.98 Å². The number of furan rings is 1. The van der Waals surface area contributed by atoms with E-state index in [0.717, 1.165) is 22.2 Å². The van der Waals surface area contributed by atoms with E-state index in [9.17, 15) is 4.79 Å². The zero-order chi connectivity index (χ0) is 22.6. The van der Waals surface area contributed by atoms with Gasteiger partial charge in [0.2, 0.25) is 11.7 Å². The molecular weight excluding hydrogens is 454 g/mol. The Hall–Kier alpha value is -3.69. The molecule has 0 unspecified atom stereocenters. The Kier molecular flexibility index (Phi) is 6.05. The van der Waals surface area contributed by atoms with Gasteiger partial charge >= 0.3 is 0 Å². The third-order valence-electron chi connectivity index (χ3n) is 4.80. The largest absolute Gasteiger partial charge is 0.461 e. The van der Waals surface area contributed by atoms with Gasteiger partial charge in [0, 0.05) is 23.7 Å². The maximum absolute atomic E-state index is 12.3. The maximum atomic E-state index is 12.3. The van der Waals surface area contributed by atoms with E-state index in [4.69, 9.17) is 9.40 Å². The van der Waals surface area contributed by atoms with E-state index in [1.807, 2.05) is 82.7 Å². The second kappa shape index (κ2) is 9.43. The Morgan fingerprint density at radius 2 is 1.79 bits per heavy atom. The lowest BCUT2D eigenvalue weighted by molar-refractivity contribution is -0.115. The second-order valence-corrected chi connectivity index (χ2v) is 8.83. The van der Waals surface area contributed by atoms with E-state index < -0.39 is 0 Å². The zero-order valence-electron chi connectivity index (χ0n) is 17.7. The van der Waals surface area contributed by atoms with Crippen molar-refractivity contribution in [3.63, 3.8) is 0 Å². The molecule has 9 heteroatoms. The number of amides is 1. The Morgan fingerprint density at radius 3 is 2.48 bits per heavy atom. The highest BCUT2D eigenvalue weighted by Crippen LogP contribution is 2.33. The van der Waals surface area contributed by atoms with Crippen LogP contribution in [-0.4, -0.2) is 25.7 Å². The molecule has 0 saturated carbocycles. The van der Waals surface area contributed by atoms with Crippen LogP contribution in [0, 0.1) is 0 Å². The minimum Gasteiger partial charge on any atom is -0.461 e. The van der Waals surface area contributed by atoms with Gasteiger partial charge in [0.15, 0.2) is 16.0 Å². The summed E-state index contributed by atoms with van der Waals surface area (Å²) in [6.07, 6.45) is 1.62. The maximum Gasteiger partial charge on any atom is 0.230 e. The Balaban J connectivity index is 1.41. The molecule has 0 spiro atoms. The first-order chi connectivity index (χ1) is 16.2. The Labute approximate surface area is 198 Å². The number of para-hydroxylation sites is 2. The SMILES string of the molecule is CC(=O)N(c1ccccc1)c1nc(CSc2nnc(-c3ccco3)n2-c2ccccc2)cs1. The summed E-state index contributed by atoms with van der Waals surface area (Å²) in [6, 6.07) is 23.2. The number of anilines is 2. The molecule has 1 amide bonds. The molecule has 0 saturated heterocycles. The molecular formula is C24H19N5O2S2. The molecule has 0 aliphatic heterocycles. The number of rotatable bonds is 7. The minimum absolute atomic E-state index is 0.0818. The van der Waals surface area contributed by atoms with Crippen molar-refractivity contribution in [3.05, 3.63) is 90.1 Å². The molecule has 0 atom stereocenters. The summed E-state index contributed by atoms with van der Waals surface area (Å²) in [7, 11) is 0. The van der Waals surface area contributed by atoms with Crippen LogP contribution in [0.25, 0.3) is 17.3 Å². The third-order valence-corrected chi connectivity index (χ3v) is 6.64. The molecule has 5 rings (SSSR count). The summed E-state index contributed by atoms with van der Waals surface area (Å²) in [5.74, 6) is 1.79. The third kappa shape index (κ3) is 4.46. The lowest BCUT2D eigenvalue weighted by Gasteiger charge is -2.17. The topological polar surface area (TPSA) is 77.1 Å². The predicted octanol–water partition coefficient (Wildman–Crippen LogP) is 5.96. The summed E-state index contributed by atoms with van der Waals surface area (Å²) in [5, 5.41) is 12.1. The van der Waals surface area contributed by atoms with Gasteiger partial charge in [-0.2, -0.15) is 0 Å². The van der Waals surface area contributed by atoms with Gasteiger partial charge in [-0.05, 0) is 36.4 Å². The van der Waals surface area contributed by atoms with Gasteiger partial charge in [0.25, 0.3) is 0 Å². The van der Waals surface area contributed by atoms with E-state index in [2.05, 4.69) is 10.2 Å². The van der Waals surface area contributed by atoms with E-state index in [1.54, 1.807) is 18.1 Å². The first-order valence-corrected chi connectivity index (χ1v) is 12.0. The Morgan fingerprint density at radius 1 is 1.03 bits per heavy atom. The van der Waals surface area contributed by atoms with Crippen molar-refractivity contribution in [3.8, 4) is 17.3 Å². The molecule has 0 aliphatic rings. The van der Waals surface area contributed by atoms with Crippen molar-refractivity contribution in [2.24, 2.45) is 0 Å². The number of hydrogen-bond acceptors (Lipinski definition) is 7. The number of benzene rings is 2. The standard InChI is InChI=1S/C24H19N5O2S2/c1-17(30)28(19-9-4-2-5-10-19)23-25-18(15-32-23)16-33-24-27-26-22(21-13-8-14-31-21)29(24)20-11-6-3-7-12-20/h2-15H,16H2,1H3. The zero-order valence-corrected chi connectivity index (χ0v) is 19.3. The highest BCUT2D eigenvalue weighted by molar-refractivity contribution is 7.98. The number of nitrogens with zero attached hydrogens (tertiary/aromatic N) is 5. The number of thioether (sulfide) groups is 1. The van der Waals surface area contributed by atoms with Gasteiger partial charge in [0.05, 0.1) is 17.6 Å². The van der Waals surface area contributed by atoms with Crippen LogP contribution in [0.1, 0.15) is 12.6 Å². The molecule has 33 heavy (non-hydrogen) atoms. The molecule has 164 valence electrons. The lowest BCUT2D eigenvalue weighted by atomic mass is 10.3. The average Bonchev–Trinajstić information content (AvgIpc) is 3.60. The summed E-state index contributed by atoms with van der Waals surface area (Å²) in [4.78, 5) is 18.6. The minimum atomic E-state index is -0.0818. The van der Waals surface area contributed by atoms with Crippen molar-refractivity contribution in [1.29, 1.82) is 0 Å². The molecule has 7 nitrogen and oxygen atoms in total. The molecule has 0 fully saturated rings. The van der Waals surface area contributed by atoms with Crippen molar-refractivity contribution in [1.82, 2.24) is 19.7 Å². The number of aromatic nitrogens is 4. The van der Waals surface area contributed by atoms with Crippen molar-refractivity contribution in [2.75, 3.05) is 4.90 Å². The summed E-state index contributed by atoms with van der Waals surface area (Å²) < 4.78 is 7.55. The van der Waals surface area contributed by atoms with E-state index >= 15 is 0 Å². The predicted molar refractivity (Wildman–Crippen MR) is 130 cm³/mol. The fraction of sp³-hybridized carbons (Fsp3) is 0.0833. The van der Waals surface area contributed by atoms with Crippen LogP contribution in [0.15, 0.2) is 94.0 Å². The first kappa shape index (κ1) is 21.2. The number of hydrogen-bond donors (Lipinski definition) is 0. The van der Waals surface area contributed by atoms with Gasteiger partial charge < -0.3 is 4.42 Å². The lowest BCUT2D eigenvalue weighted by Crippen LogP contribution is -2.22. The van der Waals surface area contributed by atoms with E-state index in [-0.39, 0.29) is 5.91 Å². The smallest absolute Gasteiger partial charge is 0.230 e. The monoisotopic (exact) mass is 473 g/mol. The normalized spacial score (nSPS) is 10.9. The molecule has 5 aromatic rings. The highest BCUT2D eigenvalue weighted by Gasteiger charge is 2.20. The molecule has 0 aliphatic carbocycles. The molecule has 0 bridgehead atoms. The van der Waals surface area contributed by atoms with Crippen LogP contribution in [0.3, 0.4) is 0 Å². The van der Waals surface area contributed by atoms with Crippen molar-refractivity contribution in [2.45, 2.75) is 17.8 Å². The molecule has 0 radical (unpaired) electrons. The Bertz CT molecular complexity index is 1350. The summed E-state index contributed by atoms with van der Waals surface area (Å²) in [5.41, 5.74) is 2.61. The van der Waals surface area contributed by atoms with E-state index in [1.165, 1.54) is 23.1 Å². The second-order valence-electron chi connectivity index (χ2n) is 7.05. The number of carbonyl (C=O) groups is 1. The summed E-state index contributed by atoms with van der Waals surface area (Å²) >= 11 is 2.97. The van der Waals surface area contributed by atoms with Gasteiger partial charge in [-0.1, -0.05) is 48.2 Å². The first-order valence-electron chi connectivity index (χ1n) is 10.2. The van der Waals surface area contributed by atoms with Crippen LogP contribution >= 0.6 is 23.1 Å². The number of thiazole rings is 1. The van der Waals surface area contributed by atoms with Crippen LogP contribution in [-0.2, 0) is 10.5 Å². The highest BCUT2D eigenvalue weighted by atomic mass is 32.2. The average molecular weight is 474 g/mol. The molecule has 3 aromatic heterocycles. The molecule has 2 aromatic carbocycles.